The van der Waals surface area contributed by atoms with Gasteiger partial charge in [-0.25, -0.2) is 9.18 Å². The van der Waals surface area contributed by atoms with E-state index in [2.05, 4.69) is 10.2 Å². The minimum atomic E-state index is -0.743. The highest BCUT2D eigenvalue weighted by Crippen LogP contribution is 2.27. The molecule has 0 fully saturated rings. The van der Waals surface area contributed by atoms with Crippen LogP contribution in [0.5, 0.6) is 0 Å². The van der Waals surface area contributed by atoms with E-state index in [9.17, 15) is 18.8 Å². The van der Waals surface area contributed by atoms with Crippen molar-refractivity contribution >= 4 is 23.4 Å². The first-order chi connectivity index (χ1) is 13.6. The van der Waals surface area contributed by atoms with Crippen molar-refractivity contribution in [1.29, 1.82) is 0 Å². The van der Waals surface area contributed by atoms with Gasteiger partial charge in [-0.05, 0) is 31.2 Å². The maximum Gasteiger partial charge on any atom is 0.332 e. The third-order valence-corrected chi connectivity index (χ3v) is 5.68. The van der Waals surface area contributed by atoms with Crippen LogP contribution in [-0.4, -0.2) is 34.9 Å². The van der Waals surface area contributed by atoms with Crippen LogP contribution in [0.4, 0.5) is 10.2 Å². The van der Waals surface area contributed by atoms with Crippen molar-refractivity contribution in [2.75, 3.05) is 5.73 Å². The van der Waals surface area contributed by atoms with Crippen LogP contribution in [0.1, 0.15) is 17.3 Å². The molecule has 29 heavy (non-hydrogen) atoms. The Morgan fingerprint density at radius 3 is 2.31 bits per heavy atom. The van der Waals surface area contributed by atoms with Crippen LogP contribution < -0.4 is 17.0 Å². The first-order valence-corrected chi connectivity index (χ1v) is 9.43. The van der Waals surface area contributed by atoms with Crippen LogP contribution in [0.15, 0.2) is 39.0 Å². The Hall–Kier alpha value is -3.21. The van der Waals surface area contributed by atoms with Gasteiger partial charge in [-0.15, -0.1) is 10.2 Å². The fraction of sp³-hybridized carbons (Fsp3) is 0.278. The molecule has 2 N–H and O–H groups in total. The van der Waals surface area contributed by atoms with Crippen LogP contribution >= 0.6 is 11.8 Å². The van der Waals surface area contributed by atoms with Crippen LogP contribution in [0.2, 0.25) is 0 Å². The van der Waals surface area contributed by atoms with Gasteiger partial charge in [0, 0.05) is 26.7 Å². The molecule has 152 valence electrons. The number of nitrogen functional groups attached to an aromatic ring is 1. The first-order valence-electron chi connectivity index (χ1n) is 8.55. The number of hydrogen-bond donors (Lipinski definition) is 1. The van der Waals surface area contributed by atoms with Crippen LogP contribution in [-0.2, 0) is 21.1 Å². The average molecular weight is 418 g/mol. The lowest BCUT2D eigenvalue weighted by atomic mass is 10.1. The Morgan fingerprint density at radius 2 is 1.69 bits per heavy atom. The molecule has 3 rings (SSSR count). The molecule has 1 unspecified atom stereocenters. The molecule has 11 heteroatoms. The van der Waals surface area contributed by atoms with E-state index in [1.54, 1.807) is 30.7 Å². The number of halogens is 1. The van der Waals surface area contributed by atoms with E-state index < -0.39 is 22.3 Å². The Balaban J connectivity index is 1.91. The van der Waals surface area contributed by atoms with Gasteiger partial charge in [-0.3, -0.25) is 18.7 Å². The molecule has 3 aromatic rings. The second-order valence-corrected chi connectivity index (χ2v) is 7.77. The van der Waals surface area contributed by atoms with E-state index in [0.29, 0.717) is 16.5 Å². The number of nitrogens with zero attached hydrogens (tertiary/aromatic N) is 5. The number of aromatic nitrogens is 5. The molecule has 0 saturated heterocycles. The van der Waals surface area contributed by atoms with E-state index >= 15 is 0 Å². The van der Waals surface area contributed by atoms with Crippen molar-refractivity contribution in [2.45, 2.75) is 17.3 Å². The third kappa shape index (κ3) is 3.60. The zero-order chi connectivity index (χ0) is 21.5. The number of carbonyl (C=O) groups excluding carboxylic acids is 1. The van der Waals surface area contributed by atoms with Gasteiger partial charge in [0.05, 0.1) is 5.25 Å². The lowest BCUT2D eigenvalue weighted by Gasteiger charge is -2.14. The van der Waals surface area contributed by atoms with Gasteiger partial charge < -0.3 is 10.3 Å². The number of nitrogens with two attached hydrogens (primary N) is 1. The van der Waals surface area contributed by atoms with Gasteiger partial charge in [0.2, 0.25) is 0 Å². The lowest BCUT2D eigenvalue weighted by molar-refractivity contribution is 0.0992. The number of rotatable bonds is 5. The van der Waals surface area contributed by atoms with Gasteiger partial charge in [0.15, 0.2) is 16.8 Å². The zero-order valence-corrected chi connectivity index (χ0v) is 17.0. The standard InChI is InChI=1S/C18H19FN6O3S/c1-9(13(26)12-14(20)23(2)18(28)25(4)16(12)27)29-17-22-21-15(24(17)3)10-5-7-11(19)8-6-10/h5-9H,20H2,1-4H3. The number of thioether (sulfide) groups is 1. The molecule has 9 nitrogen and oxygen atoms in total. The van der Waals surface area contributed by atoms with E-state index in [0.717, 1.165) is 20.9 Å². The molecule has 2 aromatic heterocycles. The molecule has 2 heterocycles. The van der Waals surface area contributed by atoms with Gasteiger partial charge in [0.1, 0.15) is 17.2 Å². The molecule has 1 atom stereocenters. The van der Waals surface area contributed by atoms with Crippen molar-refractivity contribution in [3.8, 4) is 11.4 Å². The number of benzene rings is 1. The Bertz CT molecular complexity index is 1210. The molecule has 0 bridgehead atoms. The van der Waals surface area contributed by atoms with Gasteiger partial charge in [-0.2, -0.15) is 0 Å². The molecule has 0 aliphatic heterocycles. The van der Waals surface area contributed by atoms with Crippen molar-refractivity contribution < 1.29 is 9.18 Å². The fourth-order valence-electron chi connectivity index (χ4n) is 2.77. The average Bonchev–Trinajstić information content (AvgIpc) is 3.05. The second kappa shape index (κ2) is 7.66. The highest BCUT2D eigenvalue weighted by Gasteiger charge is 2.27. The van der Waals surface area contributed by atoms with Crippen molar-refractivity contribution in [3.63, 3.8) is 0 Å². The molecular formula is C18H19FN6O3S. The van der Waals surface area contributed by atoms with E-state index in [1.807, 2.05) is 0 Å². The lowest BCUT2D eigenvalue weighted by Crippen LogP contribution is -2.42. The highest BCUT2D eigenvalue weighted by molar-refractivity contribution is 8.00. The number of anilines is 1. The molecule has 0 amide bonds. The quantitative estimate of drug-likeness (QED) is 0.484. The molecule has 0 saturated carbocycles. The Morgan fingerprint density at radius 1 is 1.07 bits per heavy atom. The monoisotopic (exact) mass is 418 g/mol. The maximum absolute atomic E-state index is 13.1. The van der Waals surface area contributed by atoms with Crippen LogP contribution in [0, 0.1) is 5.82 Å². The predicted octanol–water partition coefficient (Wildman–Crippen LogP) is 0.964. The predicted molar refractivity (Wildman–Crippen MR) is 107 cm³/mol. The molecule has 0 spiro atoms. The zero-order valence-electron chi connectivity index (χ0n) is 16.2. The van der Waals surface area contributed by atoms with Crippen molar-refractivity contribution in [3.05, 3.63) is 56.5 Å². The van der Waals surface area contributed by atoms with Gasteiger partial charge in [0.25, 0.3) is 5.56 Å². The largest absolute Gasteiger partial charge is 0.384 e. The first kappa shape index (κ1) is 20.5. The van der Waals surface area contributed by atoms with E-state index in [1.165, 1.54) is 26.2 Å². The number of Topliss-reactive ketones (excluding diaryl/α,β-unsaturated/α-hetero) is 1. The minimum Gasteiger partial charge on any atom is -0.384 e. The number of carbonyl (C=O) groups is 1. The summed E-state index contributed by atoms with van der Waals surface area (Å²) in [6.45, 7) is 1.61. The summed E-state index contributed by atoms with van der Waals surface area (Å²) in [6, 6.07) is 5.80. The topological polar surface area (TPSA) is 118 Å². The van der Waals surface area contributed by atoms with Crippen molar-refractivity contribution in [2.24, 2.45) is 21.1 Å². The van der Waals surface area contributed by atoms with E-state index in [4.69, 9.17) is 5.73 Å². The normalized spacial score (nSPS) is 12.2. The third-order valence-electron chi connectivity index (χ3n) is 4.54. The van der Waals surface area contributed by atoms with Gasteiger partial charge in [-0.1, -0.05) is 11.8 Å². The minimum absolute atomic E-state index is 0.180. The second-order valence-electron chi connectivity index (χ2n) is 6.46. The molecule has 0 aliphatic rings. The van der Waals surface area contributed by atoms with Crippen LogP contribution in [0.25, 0.3) is 11.4 Å². The Labute approximate surface area is 169 Å². The molecule has 0 radical (unpaired) electrons. The van der Waals surface area contributed by atoms with Crippen molar-refractivity contribution in [1.82, 2.24) is 23.9 Å². The van der Waals surface area contributed by atoms with Gasteiger partial charge >= 0.3 is 5.69 Å². The summed E-state index contributed by atoms with van der Waals surface area (Å²) < 4.78 is 16.7. The number of hydrogen-bond acceptors (Lipinski definition) is 7. The highest BCUT2D eigenvalue weighted by atomic mass is 32.2. The summed E-state index contributed by atoms with van der Waals surface area (Å²) in [7, 11) is 4.40. The summed E-state index contributed by atoms with van der Waals surface area (Å²) in [5.74, 6) is -0.554. The van der Waals surface area contributed by atoms with E-state index in [-0.39, 0.29) is 17.2 Å². The smallest absolute Gasteiger partial charge is 0.332 e. The molecule has 1 aromatic carbocycles. The fourth-order valence-corrected chi connectivity index (χ4v) is 3.65. The maximum atomic E-state index is 13.1. The van der Waals surface area contributed by atoms with Crippen LogP contribution in [0.3, 0.4) is 0 Å². The molecular weight excluding hydrogens is 399 g/mol. The number of ketones is 1. The molecule has 0 aliphatic carbocycles. The summed E-state index contributed by atoms with van der Waals surface area (Å²) in [4.78, 5) is 37.3. The SMILES string of the molecule is CC(Sc1nnc(-c2ccc(F)cc2)n1C)C(=O)c1c(N)n(C)c(=O)n(C)c1=O. The summed E-state index contributed by atoms with van der Waals surface area (Å²) in [6.07, 6.45) is 0. The summed E-state index contributed by atoms with van der Waals surface area (Å²) in [5, 5.41) is 7.90. The summed E-state index contributed by atoms with van der Waals surface area (Å²) >= 11 is 1.10. The Kier molecular flexibility index (Phi) is 5.42. The summed E-state index contributed by atoms with van der Waals surface area (Å²) in [5.41, 5.74) is 4.94.